The van der Waals surface area contributed by atoms with Crippen LogP contribution in [0.3, 0.4) is 0 Å². The van der Waals surface area contributed by atoms with Gasteiger partial charge in [-0.3, -0.25) is 0 Å². The standard InChI is InChI=1S/C10H11Br3O/c1-14-9-2-7(4-11)10(6-13)8(3-9)5-12/h2-3H,4-6H2,1H3. The Morgan fingerprint density at radius 1 is 1.00 bits per heavy atom. The van der Waals surface area contributed by atoms with Crippen molar-refractivity contribution in [2.45, 2.75) is 16.0 Å². The van der Waals surface area contributed by atoms with Gasteiger partial charge in [0.25, 0.3) is 0 Å². The molecule has 0 aliphatic rings. The molecule has 0 N–H and O–H groups in total. The fourth-order valence-electron chi connectivity index (χ4n) is 1.29. The zero-order chi connectivity index (χ0) is 10.6. The van der Waals surface area contributed by atoms with Crippen molar-refractivity contribution < 1.29 is 4.74 Å². The molecule has 0 atom stereocenters. The average molecular weight is 387 g/mol. The average Bonchev–Trinajstić information content (AvgIpc) is 2.26. The third-order valence-electron chi connectivity index (χ3n) is 2.07. The van der Waals surface area contributed by atoms with Crippen LogP contribution in [0.25, 0.3) is 0 Å². The highest BCUT2D eigenvalue weighted by Gasteiger charge is 2.08. The quantitative estimate of drug-likeness (QED) is 0.698. The number of halogens is 3. The molecule has 14 heavy (non-hydrogen) atoms. The zero-order valence-corrected chi connectivity index (χ0v) is 12.6. The molecule has 1 nitrogen and oxygen atoms in total. The summed E-state index contributed by atoms with van der Waals surface area (Å²) < 4.78 is 5.24. The maximum Gasteiger partial charge on any atom is 0.119 e. The van der Waals surface area contributed by atoms with Crippen LogP contribution in [-0.4, -0.2) is 7.11 Å². The molecule has 0 saturated carbocycles. The molecule has 0 saturated heterocycles. The smallest absolute Gasteiger partial charge is 0.119 e. The van der Waals surface area contributed by atoms with E-state index in [1.165, 1.54) is 16.7 Å². The molecule has 78 valence electrons. The SMILES string of the molecule is COc1cc(CBr)c(CBr)c(CBr)c1. The van der Waals surface area contributed by atoms with Crippen LogP contribution in [0.15, 0.2) is 12.1 Å². The van der Waals surface area contributed by atoms with Gasteiger partial charge >= 0.3 is 0 Å². The summed E-state index contributed by atoms with van der Waals surface area (Å²) in [5.74, 6) is 0.915. The van der Waals surface area contributed by atoms with Crippen LogP contribution < -0.4 is 4.74 Å². The molecule has 0 radical (unpaired) electrons. The fourth-order valence-corrected chi connectivity index (χ4v) is 3.01. The van der Waals surface area contributed by atoms with E-state index in [9.17, 15) is 0 Å². The number of benzene rings is 1. The van der Waals surface area contributed by atoms with Crippen LogP contribution >= 0.6 is 47.8 Å². The summed E-state index contributed by atoms with van der Waals surface area (Å²) in [6, 6.07) is 4.13. The number of hydrogen-bond acceptors (Lipinski definition) is 1. The van der Waals surface area contributed by atoms with Gasteiger partial charge in [0.05, 0.1) is 7.11 Å². The lowest BCUT2D eigenvalue weighted by Crippen LogP contribution is -1.96. The molecule has 0 bridgehead atoms. The van der Waals surface area contributed by atoms with Gasteiger partial charge in [-0.05, 0) is 28.8 Å². The predicted molar refractivity (Wildman–Crippen MR) is 70.9 cm³/mol. The molecule has 0 aliphatic heterocycles. The molecular weight excluding hydrogens is 376 g/mol. The van der Waals surface area contributed by atoms with Crippen LogP contribution in [0.4, 0.5) is 0 Å². The van der Waals surface area contributed by atoms with Crippen LogP contribution in [0.2, 0.25) is 0 Å². The van der Waals surface area contributed by atoms with E-state index in [0.717, 1.165) is 21.7 Å². The van der Waals surface area contributed by atoms with Crippen molar-refractivity contribution in [2.24, 2.45) is 0 Å². The minimum Gasteiger partial charge on any atom is -0.497 e. The molecule has 0 unspecified atom stereocenters. The van der Waals surface area contributed by atoms with Gasteiger partial charge in [-0.1, -0.05) is 47.8 Å². The molecule has 1 rings (SSSR count). The Balaban J connectivity index is 3.24. The normalized spacial score (nSPS) is 10.3. The van der Waals surface area contributed by atoms with Crippen LogP contribution in [0.1, 0.15) is 16.7 Å². The Morgan fingerprint density at radius 3 is 1.79 bits per heavy atom. The lowest BCUT2D eigenvalue weighted by Gasteiger charge is -2.12. The highest BCUT2D eigenvalue weighted by molar-refractivity contribution is 9.09. The second kappa shape index (κ2) is 6.13. The molecule has 1 aromatic rings. The number of methoxy groups -OCH3 is 1. The van der Waals surface area contributed by atoms with E-state index in [4.69, 9.17) is 4.74 Å². The monoisotopic (exact) mass is 384 g/mol. The zero-order valence-electron chi connectivity index (χ0n) is 7.82. The molecule has 0 spiro atoms. The summed E-state index contributed by atoms with van der Waals surface area (Å²) >= 11 is 10.5. The topological polar surface area (TPSA) is 9.23 Å². The van der Waals surface area contributed by atoms with Gasteiger partial charge in [0.15, 0.2) is 0 Å². The maximum absolute atomic E-state index is 5.24. The lowest BCUT2D eigenvalue weighted by molar-refractivity contribution is 0.414. The molecule has 4 heteroatoms. The van der Waals surface area contributed by atoms with Gasteiger partial charge in [0.1, 0.15) is 5.75 Å². The van der Waals surface area contributed by atoms with E-state index in [-0.39, 0.29) is 0 Å². The van der Waals surface area contributed by atoms with E-state index in [1.54, 1.807) is 7.11 Å². The minimum absolute atomic E-state index is 0.852. The second-order valence-corrected chi connectivity index (χ2v) is 4.51. The first kappa shape index (κ1) is 12.5. The first-order valence-corrected chi connectivity index (χ1v) is 7.49. The molecule has 0 heterocycles. The van der Waals surface area contributed by atoms with Crippen LogP contribution in [-0.2, 0) is 16.0 Å². The third kappa shape index (κ3) is 2.74. The van der Waals surface area contributed by atoms with E-state index in [0.29, 0.717) is 0 Å². The summed E-state index contributed by atoms with van der Waals surface area (Å²) in [6.45, 7) is 0. The van der Waals surface area contributed by atoms with Crippen molar-refractivity contribution in [3.8, 4) is 5.75 Å². The molecule has 0 amide bonds. The van der Waals surface area contributed by atoms with Crippen molar-refractivity contribution in [1.82, 2.24) is 0 Å². The van der Waals surface area contributed by atoms with Crippen molar-refractivity contribution in [1.29, 1.82) is 0 Å². The predicted octanol–water partition coefficient (Wildman–Crippen LogP) is 4.38. The van der Waals surface area contributed by atoms with Gasteiger partial charge in [-0.2, -0.15) is 0 Å². The summed E-state index contributed by atoms with van der Waals surface area (Å²) in [7, 11) is 1.69. The van der Waals surface area contributed by atoms with Gasteiger partial charge in [-0.25, -0.2) is 0 Å². The Kier molecular flexibility index (Phi) is 5.49. The molecule has 0 aliphatic carbocycles. The first-order valence-electron chi connectivity index (χ1n) is 4.13. The summed E-state index contributed by atoms with van der Waals surface area (Å²) in [5, 5.41) is 2.58. The fraction of sp³-hybridized carbons (Fsp3) is 0.400. The van der Waals surface area contributed by atoms with Crippen LogP contribution in [0, 0.1) is 0 Å². The van der Waals surface area contributed by atoms with Gasteiger partial charge in [-0.15, -0.1) is 0 Å². The first-order chi connectivity index (χ1) is 6.76. The van der Waals surface area contributed by atoms with Crippen molar-refractivity contribution >= 4 is 47.8 Å². The Labute approximate surface area is 110 Å². The summed E-state index contributed by atoms with van der Waals surface area (Å²) in [6.07, 6.45) is 0. The highest BCUT2D eigenvalue weighted by Crippen LogP contribution is 2.27. The number of rotatable bonds is 4. The number of hydrogen-bond donors (Lipinski definition) is 0. The highest BCUT2D eigenvalue weighted by atomic mass is 79.9. The van der Waals surface area contributed by atoms with Crippen molar-refractivity contribution in [3.63, 3.8) is 0 Å². The maximum atomic E-state index is 5.24. The van der Waals surface area contributed by atoms with E-state index < -0.39 is 0 Å². The third-order valence-corrected chi connectivity index (χ3v) is 3.83. The number of ether oxygens (including phenoxy) is 1. The van der Waals surface area contributed by atoms with E-state index in [1.807, 2.05) is 0 Å². The molecular formula is C10H11Br3O. The van der Waals surface area contributed by atoms with E-state index in [2.05, 4.69) is 59.9 Å². The van der Waals surface area contributed by atoms with Crippen molar-refractivity contribution in [2.75, 3.05) is 7.11 Å². The lowest BCUT2D eigenvalue weighted by atomic mass is 10.0. The van der Waals surface area contributed by atoms with Crippen LogP contribution in [0.5, 0.6) is 5.75 Å². The minimum atomic E-state index is 0.852. The summed E-state index contributed by atoms with van der Waals surface area (Å²) in [5.41, 5.74) is 3.88. The van der Waals surface area contributed by atoms with Crippen molar-refractivity contribution in [3.05, 3.63) is 28.8 Å². The van der Waals surface area contributed by atoms with Gasteiger partial charge in [0, 0.05) is 16.0 Å². The number of alkyl halides is 3. The van der Waals surface area contributed by atoms with E-state index >= 15 is 0 Å². The van der Waals surface area contributed by atoms with Gasteiger partial charge < -0.3 is 4.74 Å². The second-order valence-electron chi connectivity index (χ2n) is 2.83. The Bertz CT molecular complexity index is 287. The molecule has 0 fully saturated rings. The summed E-state index contributed by atoms with van der Waals surface area (Å²) in [4.78, 5) is 0. The van der Waals surface area contributed by atoms with Gasteiger partial charge in [0.2, 0.25) is 0 Å². The molecule has 0 aromatic heterocycles. The Morgan fingerprint density at radius 2 is 1.50 bits per heavy atom. The Hall–Kier alpha value is 0.460. The largest absolute Gasteiger partial charge is 0.497 e. The molecule has 1 aromatic carbocycles.